The molecule has 0 bridgehead atoms. The number of carbonyl (C=O) groups excluding carboxylic acids is 3. The second-order valence-corrected chi connectivity index (χ2v) is 10.1. The minimum absolute atomic E-state index is 0.321. The summed E-state index contributed by atoms with van der Waals surface area (Å²) in [5.74, 6) is -1.01. The van der Waals surface area contributed by atoms with Crippen molar-refractivity contribution in [3.8, 4) is 0 Å². The molecule has 0 aliphatic rings. The maximum Gasteiger partial charge on any atom is 0.408 e. The normalized spacial score (nSPS) is 12.9. The van der Waals surface area contributed by atoms with Gasteiger partial charge in [-0.15, -0.1) is 0 Å². The van der Waals surface area contributed by atoms with E-state index in [0.29, 0.717) is 5.56 Å². The second kappa shape index (κ2) is 9.16. The Morgan fingerprint density at radius 2 is 1.57 bits per heavy atom. The molecule has 7 heteroatoms. The smallest absolute Gasteiger partial charge is 0.408 e. The molecule has 1 N–H and O–H groups in total. The Bertz CT molecular complexity index is 956. The zero-order valence-electron chi connectivity index (χ0n) is 18.2. The van der Waals surface area contributed by atoms with E-state index < -0.39 is 35.7 Å². The molecule has 0 heterocycles. The summed E-state index contributed by atoms with van der Waals surface area (Å²) in [5.41, 5.74) is -0.879. The molecule has 6 nitrogen and oxygen atoms in total. The number of carbonyl (C=O) groups is 3. The Labute approximate surface area is 185 Å². The van der Waals surface area contributed by atoms with E-state index in [9.17, 15) is 14.4 Å². The molecule has 2 aromatic carbocycles. The Kier molecular flexibility index (Phi) is 7.29. The first kappa shape index (κ1) is 23.9. The molecule has 30 heavy (non-hydrogen) atoms. The van der Waals surface area contributed by atoms with Crippen LogP contribution in [0.3, 0.4) is 0 Å². The van der Waals surface area contributed by atoms with Crippen molar-refractivity contribution in [1.29, 1.82) is 0 Å². The largest absolute Gasteiger partial charge is 0.456 e. The van der Waals surface area contributed by atoms with Gasteiger partial charge in [-0.05, 0) is 55.2 Å². The van der Waals surface area contributed by atoms with E-state index in [0.717, 1.165) is 15.2 Å². The molecule has 0 fully saturated rings. The van der Waals surface area contributed by atoms with Crippen LogP contribution in [0.5, 0.6) is 0 Å². The van der Waals surface area contributed by atoms with E-state index in [4.69, 9.17) is 9.47 Å². The van der Waals surface area contributed by atoms with Gasteiger partial charge in [0, 0.05) is 10.0 Å². The number of benzene rings is 2. The van der Waals surface area contributed by atoms with E-state index in [1.165, 1.54) is 0 Å². The van der Waals surface area contributed by atoms with Crippen LogP contribution in [0.25, 0.3) is 10.8 Å². The standard InChI is InChI=1S/C23H28BrNO5/c1-22(2,3)19(25-21(28)30-23(4,5)6)20(27)29-13-18(26)16-8-7-15-12-17(24)10-9-14(15)11-16/h7-12,19H,13H2,1-6H3,(H,25,28)/t19-/m1/s1. The number of amides is 1. The molecule has 0 aromatic heterocycles. The van der Waals surface area contributed by atoms with Crippen molar-refractivity contribution in [3.63, 3.8) is 0 Å². The van der Waals surface area contributed by atoms with Gasteiger partial charge in [0.15, 0.2) is 12.4 Å². The highest BCUT2D eigenvalue weighted by Crippen LogP contribution is 2.23. The first-order chi connectivity index (χ1) is 13.8. The number of ketones is 1. The van der Waals surface area contributed by atoms with Gasteiger partial charge in [0.1, 0.15) is 11.6 Å². The zero-order valence-corrected chi connectivity index (χ0v) is 19.8. The third-order valence-corrected chi connectivity index (χ3v) is 4.73. The minimum atomic E-state index is -0.964. The quantitative estimate of drug-likeness (QED) is 0.468. The van der Waals surface area contributed by atoms with Crippen molar-refractivity contribution in [2.75, 3.05) is 6.61 Å². The lowest BCUT2D eigenvalue weighted by Crippen LogP contribution is -2.51. The number of esters is 1. The number of ether oxygens (including phenoxy) is 2. The highest BCUT2D eigenvalue weighted by molar-refractivity contribution is 9.10. The van der Waals surface area contributed by atoms with E-state index in [1.54, 1.807) is 53.7 Å². The molecule has 0 unspecified atom stereocenters. The minimum Gasteiger partial charge on any atom is -0.456 e. The number of rotatable bonds is 5. The molecule has 0 saturated carbocycles. The molecule has 1 atom stereocenters. The first-order valence-electron chi connectivity index (χ1n) is 9.65. The van der Waals surface area contributed by atoms with Crippen LogP contribution in [0.4, 0.5) is 4.79 Å². The molecule has 2 aromatic rings. The average Bonchev–Trinajstić information content (AvgIpc) is 2.61. The summed E-state index contributed by atoms with van der Waals surface area (Å²) in [4.78, 5) is 37.3. The summed E-state index contributed by atoms with van der Waals surface area (Å²) in [6, 6.07) is 10.1. The van der Waals surface area contributed by atoms with E-state index >= 15 is 0 Å². The molecule has 162 valence electrons. The number of Topliss-reactive ketones (excluding diaryl/α,β-unsaturated/α-hetero) is 1. The third kappa shape index (κ3) is 6.83. The van der Waals surface area contributed by atoms with Gasteiger partial charge in [-0.25, -0.2) is 9.59 Å². The molecule has 2 rings (SSSR count). The van der Waals surface area contributed by atoms with Gasteiger partial charge in [-0.1, -0.05) is 54.9 Å². The number of hydrogen-bond donors (Lipinski definition) is 1. The fraction of sp³-hybridized carbons (Fsp3) is 0.435. The predicted molar refractivity (Wildman–Crippen MR) is 120 cm³/mol. The molecule has 0 saturated heterocycles. The van der Waals surface area contributed by atoms with E-state index in [-0.39, 0.29) is 5.78 Å². The Balaban J connectivity index is 2.06. The third-order valence-electron chi connectivity index (χ3n) is 4.23. The van der Waals surface area contributed by atoms with Crippen LogP contribution in [0.15, 0.2) is 40.9 Å². The summed E-state index contributed by atoms with van der Waals surface area (Å²) in [6.07, 6.45) is -0.716. The maximum absolute atomic E-state index is 12.6. The summed E-state index contributed by atoms with van der Waals surface area (Å²) in [7, 11) is 0. The fourth-order valence-corrected chi connectivity index (χ4v) is 3.13. The van der Waals surface area contributed by atoms with Gasteiger partial charge in [-0.2, -0.15) is 0 Å². The van der Waals surface area contributed by atoms with Crippen LogP contribution in [-0.4, -0.2) is 36.1 Å². The average molecular weight is 478 g/mol. The van der Waals surface area contributed by atoms with Crippen LogP contribution in [0.2, 0.25) is 0 Å². The topological polar surface area (TPSA) is 81.7 Å². The van der Waals surface area contributed by atoms with Crippen molar-refractivity contribution in [2.45, 2.75) is 53.2 Å². The van der Waals surface area contributed by atoms with Crippen molar-refractivity contribution < 1.29 is 23.9 Å². The molecule has 0 radical (unpaired) electrons. The summed E-state index contributed by atoms with van der Waals surface area (Å²) >= 11 is 3.42. The monoisotopic (exact) mass is 477 g/mol. The number of alkyl carbamates (subject to hydrolysis) is 1. The number of hydrogen-bond acceptors (Lipinski definition) is 5. The first-order valence-corrected chi connectivity index (χ1v) is 10.4. The molecular formula is C23H28BrNO5. The number of fused-ring (bicyclic) bond motifs is 1. The van der Waals surface area contributed by atoms with Gasteiger partial charge in [-0.3, -0.25) is 4.79 Å². The van der Waals surface area contributed by atoms with Crippen molar-refractivity contribution in [2.24, 2.45) is 5.41 Å². The zero-order chi connectivity index (χ0) is 22.7. The lowest BCUT2D eigenvalue weighted by molar-refractivity contribution is -0.147. The van der Waals surface area contributed by atoms with Gasteiger partial charge >= 0.3 is 12.1 Å². The Hall–Kier alpha value is -2.41. The van der Waals surface area contributed by atoms with Crippen molar-refractivity contribution in [3.05, 3.63) is 46.4 Å². The summed E-state index contributed by atoms with van der Waals surface area (Å²) in [6.45, 7) is 10.2. The van der Waals surface area contributed by atoms with Crippen LogP contribution in [-0.2, 0) is 14.3 Å². The Morgan fingerprint density at radius 1 is 0.967 bits per heavy atom. The fourth-order valence-electron chi connectivity index (χ4n) is 2.75. The van der Waals surface area contributed by atoms with E-state index in [2.05, 4.69) is 21.2 Å². The number of halogens is 1. The molecule has 0 spiro atoms. The maximum atomic E-state index is 12.6. The lowest BCUT2D eigenvalue weighted by Gasteiger charge is -2.30. The van der Waals surface area contributed by atoms with Gasteiger partial charge in [0.05, 0.1) is 0 Å². The highest BCUT2D eigenvalue weighted by Gasteiger charge is 2.35. The molecule has 0 aliphatic heterocycles. The molecule has 0 aliphatic carbocycles. The van der Waals surface area contributed by atoms with Gasteiger partial charge < -0.3 is 14.8 Å². The van der Waals surface area contributed by atoms with Gasteiger partial charge in [0.2, 0.25) is 0 Å². The molecular weight excluding hydrogens is 450 g/mol. The lowest BCUT2D eigenvalue weighted by atomic mass is 9.87. The predicted octanol–water partition coefficient (Wildman–Crippen LogP) is 5.27. The summed E-state index contributed by atoms with van der Waals surface area (Å²) in [5, 5.41) is 4.46. The summed E-state index contributed by atoms with van der Waals surface area (Å²) < 4.78 is 11.4. The Morgan fingerprint density at radius 3 is 2.17 bits per heavy atom. The number of nitrogens with one attached hydrogen (secondary N) is 1. The van der Waals surface area contributed by atoms with Crippen molar-refractivity contribution >= 4 is 44.5 Å². The molecule has 1 amide bonds. The van der Waals surface area contributed by atoms with Crippen LogP contribution in [0, 0.1) is 5.41 Å². The van der Waals surface area contributed by atoms with E-state index in [1.807, 2.05) is 24.3 Å². The highest BCUT2D eigenvalue weighted by atomic mass is 79.9. The van der Waals surface area contributed by atoms with Crippen LogP contribution < -0.4 is 5.32 Å². The van der Waals surface area contributed by atoms with Crippen LogP contribution >= 0.6 is 15.9 Å². The SMILES string of the molecule is CC(C)(C)OC(=O)N[C@H](C(=O)OCC(=O)c1ccc2cc(Br)ccc2c1)C(C)(C)C. The van der Waals surface area contributed by atoms with Crippen molar-refractivity contribution in [1.82, 2.24) is 5.32 Å². The van der Waals surface area contributed by atoms with Crippen LogP contribution in [0.1, 0.15) is 51.9 Å². The van der Waals surface area contributed by atoms with Gasteiger partial charge in [0.25, 0.3) is 0 Å². The second-order valence-electron chi connectivity index (χ2n) is 9.18.